The number of β-amino-alcohol motifs (C(OH)–C–C–N with tert-alkyl or cyclic N) is 1. The molecule has 124 valence electrons. The molecule has 2 unspecified atom stereocenters. The molecule has 2 N–H and O–H groups in total. The number of benzene rings is 2. The van der Waals surface area contributed by atoms with Crippen LogP contribution in [0.1, 0.15) is 18.5 Å². The van der Waals surface area contributed by atoms with Crippen LogP contribution in [0.4, 0.5) is 0 Å². The maximum atomic E-state index is 10.2. The van der Waals surface area contributed by atoms with Crippen molar-refractivity contribution in [2.24, 2.45) is 0 Å². The third-order valence-corrected chi connectivity index (χ3v) is 4.51. The van der Waals surface area contributed by atoms with E-state index in [0.717, 1.165) is 26.3 Å². The zero-order valence-electron chi connectivity index (χ0n) is 13.7. The molecule has 1 saturated heterocycles. The Morgan fingerprint density at radius 1 is 1.13 bits per heavy atom. The highest BCUT2D eigenvalue weighted by atomic mass is 16.5. The van der Waals surface area contributed by atoms with E-state index in [-0.39, 0.29) is 12.1 Å². The van der Waals surface area contributed by atoms with Gasteiger partial charge in [-0.25, -0.2) is 0 Å². The van der Waals surface area contributed by atoms with E-state index in [1.807, 2.05) is 0 Å². The maximum Gasteiger partial charge on any atom is 0.0791 e. The molecule has 0 bridgehead atoms. The van der Waals surface area contributed by atoms with Crippen molar-refractivity contribution < 1.29 is 9.84 Å². The van der Waals surface area contributed by atoms with Crippen LogP contribution >= 0.6 is 0 Å². The zero-order chi connectivity index (χ0) is 16.1. The zero-order valence-corrected chi connectivity index (χ0v) is 13.7. The van der Waals surface area contributed by atoms with E-state index in [2.05, 4.69) is 59.6 Å². The molecule has 4 nitrogen and oxygen atoms in total. The Labute approximate surface area is 138 Å². The highest BCUT2D eigenvalue weighted by Crippen LogP contribution is 2.20. The third kappa shape index (κ3) is 4.52. The summed E-state index contributed by atoms with van der Waals surface area (Å²) in [4.78, 5) is 2.26. The van der Waals surface area contributed by atoms with Crippen molar-refractivity contribution in [3.63, 3.8) is 0 Å². The predicted molar refractivity (Wildman–Crippen MR) is 93.6 cm³/mol. The number of ether oxygens (including phenoxy) is 1. The summed E-state index contributed by atoms with van der Waals surface area (Å²) in [6.07, 6.45) is -0.351. The van der Waals surface area contributed by atoms with Gasteiger partial charge in [0, 0.05) is 32.2 Å². The van der Waals surface area contributed by atoms with E-state index >= 15 is 0 Å². The summed E-state index contributed by atoms with van der Waals surface area (Å²) in [5.41, 5.74) is 1.25. The van der Waals surface area contributed by atoms with Gasteiger partial charge < -0.3 is 15.2 Å². The Balaban J connectivity index is 1.52. The molecule has 0 aliphatic carbocycles. The molecule has 2 aromatic carbocycles. The van der Waals surface area contributed by atoms with Gasteiger partial charge >= 0.3 is 0 Å². The quantitative estimate of drug-likeness (QED) is 0.858. The fourth-order valence-corrected chi connectivity index (χ4v) is 3.05. The molecule has 1 heterocycles. The van der Waals surface area contributed by atoms with E-state index in [1.54, 1.807) is 0 Å². The first-order valence-electron chi connectivity index (χ1n) is 8.42. The van der Waals surface area contributed by atoms with Gasteiger partial charge in [-0.2, -0.15) is 0 Å². The van der Waals surface area contributed by atoms with Crippen molar-refractivity contribution in [1.29, 1.82) is 0 Å². The minimum absolute atomic E-state index is 0.221. The molecular formula is C19H26N2O2. The van der Waals surface area contributed by atoms with Gasteiger partial charge in [-0.05, 0) is 29.3 Å². The van der Waals surface area contributed by atoms with Gasteiger partial charge in [0.2, 0.25) is 0 Å². The Bertz CT molecular complexity index is 626. The minimum atomic E-state index is -0.351. The number of nitrogens with zero attached hydrogens (tertiary/aromatic N) is 1. The number of nitrogens with one attached hydrogen (secondary N) is 1. The van der Waals surface area contributed by atoms with Crippen LogP contribution in [0.5, 0.6) is 0 Å². The van der Waals surface area contributed by atoms with Crippen LogP contribution in [0.2, 0.25) is 0 Å². The van der Waals surface area contributed by atoms with Crippen LogP contribution < -0.4 is 5.32 Å². The second-order valence-corrected chi connectivity index (χ2v) is 6.30. The number of aliphatic hydroxyl groups excluding tert-OH is 1. The molecule has 3 rings (SSSR count). The molecule has 0 spiro atoms. The largest absolute Gasteiger partial charge is 0.390 e. The van der Waals surface area contributed by atoms with E-state index in [4.69, 9.17) is 4.74 Å². The number of aliphatic hydroxyl groups is 1. The van der Waals surface area contributed by atoms with Gasteiger partial charge in [-0.3, -0.25) is 4.90 Å². The average Bonchev–Trinajstić information content (AvgIpc) is 2.60. The van der Waals surface area contributed by atoms with Crippen LogP contribution in [0.25, 0.3) is 10.8 Å². The molecule has 23 heavy (non-hydrogen) atoms. The Kier molecular flexibility index (Phi) is 5.62. The number of fused-ring (bicyclic) bond motifs is 1. The Morgan fingerprint density at radius 3 is 2.65 bits per heavy atom. The Morgan fingerprint density at radius 2 is 1.87 bits per heavy atom. The predicted octanol–water partition coefficient (Wildman–Crippen LogP) is 2.18. The van der Waals surface area contributed by atoms with E-state index in [9.17, 15) is 5.11 Å². The van der Waals surface area contributed by atoms with Crippen molar-refractivity contribution in [1.82, 2.24) is 10.2 Å². The van der Waals surface area contributed by atoms with Gasteiger partial charge in [-0.15, -0.1) is 0 Å². The number of rotatable bonds is 6. The van der Waals surface area contributed by atoms with Crippen LogP contribution in [0.15, 0.2) is 42.5 Å². The molecule has 1 aliphatic rings. The van der Waals surface area contributed by atoms with E-state index in [1.165, 1.54) is 16.3 Å². The molecule has 2 aromatic rings. The highest BCUT2D eigenvalue weighted by molar-refractivity contribution is 5.83. The first kappa shape index (κ1) is 16.4. The topological polar surface area (TPSA) is 44.7 Å². The lowest BCUT2D eigenvalue weighted by Gasteiger charge is -2.29. The van der Waals surface area contributed by atoms with E-state index < -0.39 is 0 Å². The third-order valence-electron chi connectivity index (χ3n) is 4.51. The summed E-state index contributed by atoms with van der Waals surface area (Å²) in [7, 11) is 0. The molecule has 2 atom stereocenters. The second kappa shape index (κ2) is 7.88. The van der Waals surface area contributed by atoms with Gasteiger partial charge in [0.15, 0.2) is 0 Å². The summed E-state index contributed by atoms with van der Waals surface area (Å²) in [6.45, 7) is 6.83. The summed E-state index contributed by atoms with van der Waals surface area (Å²) in [5.74, 6) is 0. The summed E-state index contributed by atoms with van der Waals surface area (Å²) in [5, 5.41) is 16.2. The molecule has 4 heteroatoms. The number of hydrogen-bond donors (Lipinski definition) is 2. The summed E-state index contributed by atoms with van der Waals surface area (Å²) < 4.78 is 5.33. The SMILES string of the molecule is CC(NCC(O)CN1CCOCC1)c1ccc2ccccc2c1. The van der Waals surface area contributed by atoms with E-state index in [0.29, 0.717) is 13.1 Å². The fraction of sp³-hybridized carbons (Fsp3) is 0.474. The monoisotopic (exact) mass is 314 g/mol. The molecule has 1 aliphatic heterocycles. The molecule has 0 amide bonds. The van der Waals surface area contributed by atoms with Crippen molar-refractivity contribution in [2.45, 2.75) is 19.1 Å². The summed E-state index contributed by atoms with van der Waals surface area (Å²) in [6, 6.07) is 15.2. The van der Waals surface area contributed by atoms with Crippen LogP contribution in [0, 0.1) is 0 Å². The maximum absolute atomic E-state index is 10.2. The van der Waals surface area contributed by atoms with Gasteiger partial charge in [-0.1, -0.05) is 36.4 Å². The van der Waals surface area contributed by atoms with Crippen LogP contribution in [0.3, 0.4) is 0 Å². The van der Waals surface area contributed by atoms with Gasteiger partial charge in [0.05, 0.1) is 19.3 Å². The molecule has 1 fully saturated rings. The molecular weight excluding hydrogens is 288 g/mol. The second-order valence-electron chi connectivity index (χ2n) is 6.30. The average molecular weight is 314 g/mol. The first-order valence-corrected chi connectivity index (χ1v) is 8.42. The van der Waals surface area contributed by atoms with Crippen LogP contribution in [-0.2, 0) is 4.74 Å². The van der Waals surface area contributed by atoms with Crippen LogP contribution in [-0.4, -0.2) is 55.5 Å². The lowest BCUT2D eigenvalue weighted by Crippen LogP contribution is -2.44. The van der Waals surface area contributed by atoms with Crippen molar-refractivity contribution in [3.05, 3.63) is 48.0 Å². The number of morpholine rings is 1. The van der Waals surface area contributed by atoms with Gasteiger partial charge in [0.25, 0.3) is 0 Å². The highest BCUT2D eigenvalue weighted by Gasteiger charge is 2.15. The molecule has 0 radical (unpaired) electrons. The minimum Gasteiger partial charge on any atom is -0.390 e. The lowest BCUT2D eigenvalue weighted by molar-refractivity contribution is 0.0145. The van der Waals surface area contributed by atoms with Crippen molar-refractivity contribution in [3.8, 4) is 0 Å². The van der Waals surface area contributed by atoms with Gasteiger partial charge in [0.1, 0.15) is 0 Å². The summed E-state index contributed by atoms with van der Waals surface area (Å²) >= 11 is 0. The lowest BCUT2D eigenvalue weighted by atomic mass is 10.0. The normalized spacial score (nSPS) is 18.9. The number of hydrogen-bond acceptors (Lipinski definition) is 4. The smallest absolute Gasteiger partial charge is 0.0791 e. The van der Waals surface area contributed by atoms with Crippen molar-refractivity contribution >= 4 is 10.8 Å². The first-order chi connectivity index (χ1) is 11.2. The Hall–Kier alpha value is -1.46. The fourth-order valence-electron chi connectivity index (χ4n) is 3.05. The van der Waals surface area contributed by atoms with Crippen molar-refractivity contribution in [2.75, 3.05) is 39.4 Å². The molecule has 0 aromatic heterocycles. The molecule has 0 saturated carbocycles. The standard InChI is InChI=1S/C19H26N2O2/c1-15(17-7-6-16-4-2-3-5-18(16)12-17)20-13-19(22)14-21-8-10-23-11-9-21/h2-7,12,15,19-20,22H,8-11,13-14H2,1H3.